The van der Waals surface area contributed by atoms with E-state index in [0.29, 0.717) is 0 Å². The van der Waals surface area contributed by atoms with Gasteiger partial charge in [-0.3, -0.25) is 0 Å². The van der Waals surface area contributed by atoms with Crippen molar-refractivity contribution in [2.75, 3.05) is 0 Å². The third kappa shape index (κ3) is 4.83. The highest BCUT2D eigenvalue weighted by Crippen LogP contribution is 2.31. The van der Waals surface area contributed by atoms with Gasteiger partial charge >= 0.3 is 0 Å². The van der Waals surface area contributed by atoms with Gasteiger partial charge in [0.05, 0.1) is 0 Å². The molecule has 0 spiro atoms. The summed E-state index contributed by atoms with van der Waals surface area (Å²) < 4.78 is 0. The molecular formula is C15H26. The fraction of sp³-hybridized carbons (Fsp3) is 0.467. The van der Waals surface area contributed by atoms with Crippen molar-refractivity contribution in [1.82, 2.24) is 0 Å². The van der Waals surface area contributed by atoms with E-state index in [-0.39, 0.29) is 7.43 Å². The molecule has 0 saturated carbocycles. The molecular weight excluding hydrogens is 180 g/mol. The smallest absolute Gasteiger partial charge is 0.0235 e. The van der Waals surface area contributed by atoms with Crippen LogP contribution in [0.3, 0.4) is 0 Å². The molecule has 86 valence electrons. The molecule has 0 nitrogen and oxygen atoms in total. The molecule has 0 atom stereocenters. The maximum absolute atomic E-state index is 3.71. The van der Waals surface area contributed by atoms with Gasteiger partial charge in [-0.15, -0.1) is 0 Å². The Morgan fingerprint density at radius 2 is 1.80 bits per heavy atom. The van der Waals surface area contributed by atoms with Gasteiger partial charge in [-0.25, -0.2) is 0 Å². The summed E-state index contributed by atoms with van der Waals surface area (Å²) in [6.45, 7) is 12.0. The summed E-state index contributed by atoms with van der Waals surface area (Å²) in [6, 6.07) is 0. The quantitative estimate of drug-likeness (QED) is 0.563. The van der Waals surface area contributed by atoms with Crippen LogP contribution < -0.4 is 0 Å². The van der Waals surface area contributed by atoms with Crippen LogP contribution in [0.15, 0.2) is 47.6 Å². The van der Waals surface area contributed by atoms with E-state index in [9.17, 15) is 0 Å². The molecule has 0 aromatic heterocycles. The van der Waals surface area contributed by atoms with Gasteiger partial charge < -0.3 is 0 Å². The minimum absolute atomic E-state index is 0. The van der Waals surface area contributed by atoms with Crippen LogP contribution in [0.1, 0.15) is 48.0 Å². The lowest BCUT2D eigenvalue weighted by Crippen LogP contribution is -1.76. The molecule has 0 fully saturated rings. The zero-order valence-corrected chi connectivity index (χ0v) is 9.93. The van der Waals surface area contributed by atoms with Gasteiger partial charge in [-0.1, -0.05) is 52.2 Å². The predicted octanol–water partition coefficient (Wildman–Crippen LogP) is 5.45. The van der Waals surface area contributed by atoms with E-state index in [0.717, 1.165) is 0 Å². The Bertz CT molecular complexity index is 262. The SMILES string of the molecule is C.C=C/C=C1\CCC(/C=C/C)=C1C.CC. The van der Waals surface area contributed by atoms with E-state index in [1.165, 1.54) is 29.6 Å². The Hall–Kier alpha value is -1.04. The van der Waals surface area contributed by atoms with Crippen LogP contribution in [0.4, 0.5) is 0 Å². The van der Waals surface area contributed by atoms with Crippen LogP contribution in [-0.4, -0.2) is 0 Å². The third-order valence-electron chi connectivity index (χ3n) is 2.31. The molecule has 0 unspecified atom stereocenters. The highest BCUT2D eigenvalue weighted by Gasteiger charge is 2.12. The summed E-state index contributed by atoms with van der Waals surface area (Å²) >= 11 is 0. The Kier molecular flexibility index (Phi) is 10.4. The summed E-state index contributed by atoms with van der Waals surface area (Å²) in [7, 11) is 0. The number of allylic oxidation sites excluding steroid dienone is 7. The lowest BCUT2D eigenvalue weighted by atomic mass is 10.1. The first-order chi connectivity index (χ1) is 6.79. The highest BCUT2D eigenvalue weighted by molar-refractivity contribution is 5.45. The Balaban J connectivity index is 0. The van der Waals surface area contributed by atoms with Crippen LogP contribution in [0.25, 0.3) is 0 Å². The fourth-order valence-corrected chi connectivity index (χ4v) is 1.61. The van der Waals surface area contributed by atoms with E-state index in [4.69, 9.17) is 0 Å². The maximum Gasteiger partial charge on any atom is -0.0235 e. The summed E-state index contributed by atoms with van der Waals surface area (Å²) in [5, 5.41) is 0. The minimum atomic E-state index is 0. The van der Waals surface area contributed by atoms with Crippen LogP contribution in [-0.2, 0) is 0 Å². The highest BCUT2D eigenvalue weighted by atomic mass is 14.2. The molecule has 0 aromatic rings. The van der Waals surface area contributed by atoms with Gasteiger partial charge in [0.25, 0.3) is 0 Å². The lowest BCUT2D eigenvalue weighted by Gasteiger charge is -1.96. The van der Waals surface area contributed by atoms with E-state index >= 15 is 0 Å². The Morgan fingerprint density at radius 1 is 1.20 bits per heavy atom. The van der Waals surface area contributed by atoms with Crippen molar-refractivity contribution in [3.63, 3.8) is 0 Å². The van der Waals surface area contributed by atoms with Crippen molar-refractivity contribution in [2.45, 2.75) is 48.0 Å². The topological polar surface area (TPSA) is 0 Å². The van der Waals surface area contributed by atoms with E-state index in [2.05, 4.69) is 38.7 Å². The van der Waals surface area contributed by atoms with Crippen LogP contribution in [0.2, 0.25) is 0 Å². The molecule has 15 heavy (non-hydrogen) atoms. The van der Waals surface area contributed by atoms with Gasteiger partial charge in [0, 0.05) is 0 Å². The molecule has 0 amide bonds. The summed E-state index contributed by atoms with van der Waals surface area (Å²) in [5.74, 6) is 0. The second-order valence-electron chi connectivity index (χ2n) is 3.08. The molecule has 1 aliphatic rings. The molecule has 0 aromatic carbocycles. The minimum Gasteiger partial charge on any atom is -0.0991 e. The first-order valence-electron chi connectivity index (χ1n) is 5.44. The molecule has 0 bridgehead atoms. The van der Waals surface area contributed by atoms with Crippen molar-refractivity contribution < 1.29 is 0 Å². The van der Waals surface area contributed by atoms with Crippen LogP contribution >= 0.6 is 0 Å². The van der Waals surface area contributed by atoms with Gasteiger partial charge in [-0.2, -0.15) is 0 Å². The molecule has 0 radical (unpaired) electrons. The number of rotatable bonds is 2. The van der Waals surface area contributed by atoms with Gasteiger partial charge in [0.1, 0.15) is 0 Å². The molecule has 0 aliphatic heterocycles. The maximum atomic E-state index is 3.71. The van der Waals surface area contributed by atoms with Crippen LogP contribution in [0, 0.1) is 0 Å². The monoisotopic (exact) mass is 206 g/mol. The van der Waals surface area contributed by atoms with Gasteiger partial charge in [-0.05, 0) is 43.4 Å². The zero-order chi connectivity index (χ0) is 11.0. The number of hydrogen-bond donors (Lipinski definition) is 0. The lowest BCUT2D eigenvalue weighted by molar-refractivity contribution is 1.03. The molecule has 1 rings (SSSR count). The van der Waals surface area contributed by atoms with Crippen molar-refractivity contribution in [1.29, 1.82) is 0 Å². The molecule has 0 heterocycles. The standard InChI is InChI=1S/C12H16.C2H6.CH4/c1-4-6-11-8-9-12(7-5-2)10(11)3;1-2;/h4-7H,1,8-9H2,2-3H3;1-2H3;1H4/b7-5+,11-6+;;. The Morgan fingerprint density at radius 3 is 2.27 bits per heavy atom. The molecule has 0 N–H and O–H groups in total. The normalized spacial score (nSPS) is 17.5. The molecule has 1 aliphatic carbocycles. The van der Waals surface area contributed by atoms with E-state index in [1.807, 2.05) is 19.9 Å². The second kappa shape index (κ2) is 9.51. The van der Waals surface area contributed by atoms with E-state index in [1.54, 1.807) is 0 Å². The largest absolute Gasteiger partial charge is 0.0991 e. The van der Waals surface area contributed by atoms with E-state index < -0.39 is 0 Å². The third-order valence-corrected chi connectivity index (χ3v) is 2.31. The summed E-state index contributed by atoms with van der Waals surface area (Å²) in [6.07, 6.45) is 10.7. The zero-order valence-electron chi connectivity index (χ0n) is 9.93. The van der Waals surface area contributed by atoms with Crippen molar-refractivity contribution in [3.8, 4) is 0 Å². The van der Waals surface area contributed by atoms with Crippen molar-refractivity contribution in [2.24, 2.45) is 0 Å². The average molecular weight is 206 g/mol. The van der Waals surface area contributed by atoms with Crippen LogP contribution in [0.5, 0.6) is 0 Å². The first-order valence-corrected chi connectivity index (χ1v) is 5.44. The Labute approximate surface area is 96.1 Å². The molecule has 0 saturated heterocycles. The van der Waals surface area contributed by atoms with Crippen molar-refractivity contribution >= 4 is 0 Å². The van der Waals surface area contributed by atoms with Gasteiger partial charge in [0.15, 0.2) is 0 Å². The van der Waals surface area contributed by atoms with Crippen molar-refractivity contribution in [3.05, 3.63) is 47.6 Å². The average Bonchev–Trinajstić information content (AvgIpc) is 2.55. The second-order valence-corrected chi connectivity index (χ2v) is 3.08. The number of hydrogen-bond acceptors (Lipinski definition) is 0. The summed E-state index contributed by atoms with van der Waals surface area (Å²) in [4.78, 5) is 0. The summed E-state index contributed by atoms with van der Waals surface area (Å²) in [5.41, 5.74) is 4.36. The fourth-order valence-electron chi connectivity index (χ4n) is 1.61. The van der Waals surface area contributed by atoms with Gasteiger partial charge in [0.2, 0.25) is 0 Å². The predicted molar refractivity (Wildman–Crippen MR) is 73.1 cm³/mol. The molecule has 0 heteroatoms. The first kappa shape index (κ1) is 16.4.